The molecule has 3 rings (SSSR count). The second-order valence-electron chi connectivity index (χ2n) is 6.91. The van der Waals surface area contributed by atoms with E-state index in [-0.39, 0.29) is 23.1 Å². The summed E-state index contributed by atoms with van der Waals surface area (Å²) in [6, 6.07) is 15.6. The van der Waals surface area contributed by atoms with Crippen molar-refractivity contribution in [1.82, 2.24) is 10.6 Å². The molecular formula is C22H19ClN4O2. The topological polar surface area (TPSA) is 94.3 Å². The minimum atomic E-state index is -0.486. The molecule has 6 nitrogen and oxygen atoms in total. The Balaban J connectivity index is 1.96. The molecule has 0 saturated carbocycles. The van der Waals surface area contributed by atoms with E-state index in [0.717, 1.165) is 0 Å². The molecule has 1 aliphatic rings. The Bertz CT molecular complexity index is 1060. The van der Waals surface area contributed by atoms with Gasteiger partial charge in [0.05, 0.1) is 5.70 Å². The molecule has 0 radical (unpaired) electrons. The monoisotopic (exact) mass is 406 g/mol. The lowest BCUT2D eigenvalue weighted by Gasteiger charge is -2.08. The summed E-state index contributed by atoms with van der Waals surface area (Å²) in [6.07, 6.45) is 0. The van der Waals surface area contributed by atoms with Crippen molar-refractivity contribution in [2.75, 3.05) is 6.54 Å². The van der Waals surface area contributed by atoms with Crippen LogP contribution < -0.4 is 10.6 Å². The molecule has 0 unspecified atom stereocenters. The van der Waals surface area contributed by atoms with Gasteiger partial charge in [-0.3, -0.25) is 9.59 Å². The first-order valence-corrected chi connectivity index (χ1v) is 9.46. The summed E-state index contributed by atoms with van der Waals surface area (Å²) in [7, 11) is 0. The molecule has 146 valence electrons. The Morgan fingerprint density at radius 2 is 1.76 bits per heavy atom. The van der Waals surface area contributed by atoms with Gasteiger partial charge in [0.15, 0.2) is 0 Å². The number of carbonyl (C=O) groups is 2. The van der Waals surface area contributed by atoms with Gasteiger partial charge in [-0.25, -0.2) is 4.99 Å². The highest BCUT2D eigenvalue weighted by Crippen LogP contribution is 2.30. The minimum absolute atomic E-state index is 0.0890. The van der Waals surface area contributed by atoms with Crippen molar-refractivity contribution in [3.8, 4) is 6.07 Å². The lowest BCUT2D eigenvalue weighted by atomic mass is 10.0. The molecule has 2 N–H and O–H groups in total. The van der Waals surface area contributed by atoms with Crippen molar-refractivity contribution in [2.24, 2.45) is 10.9 Å². The second kappa shape index (κ2) is 8.72. The highest BCUT2D eigenvalue weighted by Gasteiger charge is 2.27. The number of nitrogens with one attached hydrogen (secondary N) is 2. The predicted molar refractivity (Wildman–Crippen MR) is 112 cm³/mol. The van der Waals surface area contributed by atoms with Crippen LogP contribution in [0.15, 0.2) is 59.1 Å². The SMILES string of the molecule is CC(C)CNC(=O)C(C#N)=C1N=C(NC(=O)c2ccc(Cl)cc2)c2ccccc21. The molecular weight excluding hydrogens is 388 g/mol. The van der Waals surface area contributed by atoms with Crippen molar-refractivity contribution in [2.45, 2.75) is 13.8 Å². The van der Waals surface area contributed by atoms with Gasteiger partial charge in [0.25, 0.3) is 11.8 Å². The van der Waals surface area contributed by atoms with E-state index in [9.17, 15) is 14.9 Å². The van der Waals surface area contributed by atoms with E-state index in [2.05, 4.69) is 15.6 Å². The molecule has 2 aromatic carbocycles. The highest BCUT2D eigenvalue weighted by molar-refractivity contribution is 6.30. The summed E-state index contributed by atoms with van der Waals surface area (Å²) in [4.78, 5) is 29.5. The first kappa shape index (κ1) is 20.3. The van der Waals surface area contributed by atoms with Crippen molar-refractivity contribution in [1.29, 1.82) is 5.26 Å². The minimum Gasteiger partial charge on any atom is -0.351 e. The number of nitriles is 1. The molecule has 2 amide bonds. The van der Waals surface area contributed by atoms with Crippen LogP contribution in [-0.4, -0.2) is 24.2 Å². The van der Waals surface area contributed by atoms with Crippen molar-refractivity contribution >= 4 is 34.9 Å². The summed E-state index contributed by atoms with van der Waals surface area (Å²) in [5.41, 5.74) is 1.84. The fraction of sp³-hybridized carbons (Fsp3) is 0.182. The molecule has 7 heteroatoms. The first-order valence-electron chi connectivity index (χ1n) is 9.08. The van der Waals surface area contributed by atoms with E-state index in [1.54, 1.807) is 48.5 Å². The average Bonchev–Trinajstić information content (AvgIpc) is 3.06. The van der Waals surface area contributed by atoms with Gasteiger partial charge in [-0.05, 0) is 30.2 Å². The number of amides is 2. The maximum atomic E-state index is 12.6. The highest BCUT2D eigenvalue weighted by atomic mass is 35.5. The van der Waals surface area contributed by atoms with Crippen LogP contribution in [0.5, 0.6) is 0 Å². The summed E-state index contributed by atoms with van der Waals surface area (Å²) in [5, 5.41) is 15.6. The number of aliphatic imine (C=N–C) groups is 1. The van der Waals surface area contributed by atoms with E-state index < -0.39 is 5.91 Å². The summed E-state index contributed by atoms with van der Waals surface area (Å²) in [5.74, 6) is -0.309. The Labute approximate surface area is 173 Å². The molecule has 0 spiro atoms. The Kier molecular flexibility index (Phi) is 6.10. The van der Waals surface area contributed by atoms with Crippen LogP contribution in [0.2, 0.25) is 5.02 Å². The number of fused-ring (bicyclic) bond motifs is 1. The molecule has 0 aromatic heterocycles. The van der Waals surface area contributed by atoms with Crippen molar-refractivity contribution in [3.05, 3.63) is 75.8 Å². The Morgan fingerprint density at radius 1 is 1.10 bits per heavy atom. The van der Waals surface area contributed by atoms with Gasteiger partial charge in [-0.2, -0.15) is 5.26 Å². The largest absolute Gasteiger partial charge is 0.351 e. The number of benzene rings is 2. The molecule has 29 heavy (non-hydrogen) atoms. The predicted octanol–water partition coefficient (Wildman–Crippen LogP) is 3.54. The number of amidine groups is 1. The summed E-state index contributed by atoms with van der Waals surface area (Å²) in [6.45, 7) is 4.38. The Hall–Kier alpha value is -3.43. The standard InChI is InChI=1S/C22H19ClN4O2/c1-13(2)12-25-22(29)18(11-24)19-16-5-3-4-6-17(16)20(26-19)27-21(28)14-7-9-15(23)10-8-14/h3-10,13H,12H2,1-2H3,(H,25,29)(H,26,27,28). The first-order chi connectivity index (χ1) is 13.9. The van der Waals surface area contributed by atoms with Crippen molar-refractivity contribution in [3.63, 3.8) is 0 Å². The molecule has 1 aliphatic heterocycles. The molecule has 0 aliphatic carbocycles. The molecule has 2 aromatic rings. The number of halogens is 1. The van der Waals surface area contributed by atoms with E-state index in [1.165, 1.54) is 0 Å². The normalized spacial score (nSPS) is 14.0. The fourth-order valence-electron chi connectivity index (χ4n) is 2.79. The number of nitrogens with zero attached hydrogens (tertiary/aromatic N) is 2. The third-order valence-electron chi connectivity index (χ3n) is 4.25. The van der Waals surface area contributed by atoms with Gasteiger partial charge in [-0.1, -0.05) is 49.7 Å². The maximum absolute atomic E-state index is 12.6. The summed E-state index contributed by atoms with van der Waals surface area (Å²) < 4.78 is 0. The summed E-state index contributed by atoms with van der Waals surface area (Å²) >= 11 is 5.87. The average molecular weight is 407 g/mol. The van der Waals surface area contributed by atoms with E-state index in [1.807, 2.05) is 19.9 Å². The molecule has 1 heterocycles. The van der Waals surface area contributed by atoms with Crippen LogP contribution in [0.4, 0.5) is 0 Å². The molecule has 0 atom stereocenters. The van der Waals surface area contributed by atoms with Gasteiger partial charge in [0.2, 0.25) is 0 Å². The third-order valence-corrected chi connectivity index (χ3v) is 4.50. The molecule has 0 saturated heterocycles. The second-order valence-corrected chi connectivity index (χ2v) is 7.34. The lowest BCUT2D eigenvalue weighted by Crippen LogP contribution is -2.30. The zero-order chi connectivity index (χ0) is 21.0. The van der Waals surface area contributed by atoms with Gasteiger partial charge in [-0.15, -0.1) is 0 Å². The molecule has 0 bridgehead atoms. The third kappa shape index (κ3) is 4.53. The lowest BCUT2D eigenvalue weighted by molar-refractivity contribution is -0.117. The fourth-order valence-corrected chi connectivity index (χ4v) is 2.92. The van der Waals surface area contributed by atoms with Gasteiger partial charge in [0, 0.05) is 28.3 Å². The van der Waals surface area contributed by atoms with Gasteiger partial charge >= 0.3 is 0 Å². The number of carbonyl (C=O) groups excluding carboxylic acids is 2. The van der Waals surface area contributed by atoms with E-state index >= 15 is 0 Å². The number of hydrogen-bond acceptors (Lipinski definition) is 4. The zero-order valence-corrected chi connectivity index (χ0v) is 16.7. The van der Waals surface area contributed by atoms with Crippen molar-refractivity contribution < 1.29 is 9.59 Å². The van der Waals surface area contributed by atoms with Crippen LogP contribution in [0, 0.1) is 17.2 Å². The van der Waals surface area contributed by atoms with Crippen LogP contribution >= 0.6 is 11.6 Å². The maximum Gasteiger partial charge on any atom is 0.264 e. The van der Waals surface area contributed by atoms with Gasteiger partial charge < -0.3 is 10.6 Å². The number of hydrogen-bond donors (Lipinski definition) is 2. The quantitative estimate of drug-likeness (QED) is 0.600. The van der Waals surface area contributed by atoms with E-state index in [4.69, 9.17) is 11.6 Å². The van der Waals surface area contributed by atoms with E-state index in [0.29, 0.717) is 34.1 Å². The van der Waals surface area contributed by atoms with Crippen LogP contribution in [-0.2, 0) is 4.79 Å². The number of rotatable bonds is 4. The smallest absolute Gasteiger partial charge is 0.264 e. The Morgan fingerprint density at radius 3 is 2.38 bits per heavy atom. The van der Waals surface area contributed by atoms with Crippen LogP contribution in [0.3, 0.4) is 0 Å². The van der Waals surface area contributed by atoms with Crippen LogP contribution in [0.25, 0.3) is 5.70 Å². The molecule has 0 fully saturated rings. The van der Waals surface area contributed by atoms with Gasteiger partial charge in [0.1, 0.15) is 17.5 Å². The van der Waals surface area contributed by atoms with Crippen LogP contribution in [0.1, 0.15) is 35.3 Å². The zero-order valence-electron chi connectivity index (χ0n) is 16.0.